The van der Waals surface area contributed by atoms with E-state index in [-0.39, 0.29) is 15.6 Å². The predicted octanol–water partition coefficient (Wildman–Crippen LogP) is 3.99. The second-order valence-electron chi connectivity index (χ2n) is 5.31. The molecule has 8 heteroatoms. The van der Waals surface area contributed by atoms with E-state index >= 15 is 0 Å². The Morgan fingerprint density at radius 1 is 1.12 bits per heavy atom. The third-order valence-corrected chi connectivity index (χ3v) is 3.83. The molecule has 0 aromatic heterocycles. The van der Waals surface area contributed by atoms with Crippen molar-refractivity contribution in [3.8, 4) is 0 Å². The topological polar surface area (TPSA) is 58.6 Å². The molecule has 0 saturated heterocycles. The first-order chi connectivity index (χ1) is 11.8. The average Bonchev–Trinajstić information content (AvgIpc) is 2.56. The van der Waals surface area contributed by atoms with E-state index in [0.29, 0.717) is 5.69 Å². The third-order valence-electron chi connectivity index (χ3n) is 3.23. The van der Waals surface area contributed by atoms with Gasteiger partial charge in [-0.1, -0.05) is 23.2 Å². The number of carbonyl (C=O) groups is 2. The van der Waals surface area contributed by atoms with Crippen LogP contribution in [0.2, 0.25) is 10.0 Å². The van der Waals surface area contributed by atoms with Gasteiger partial charge in [-0.05, 0) is 36.4 Å². The van der Waals surface area contributed by atoms with Crippen molar-refractivity contribution in [1.82, 2.24) is 0 Å². The highest BCUT2D eigenvalue weighted by molar-refractivity contribution is 6.36. The lowest BCUT2D eigenvalue weighted by Gasteiger charge is -2.13. The molecule has 0 radical (unpaired) electrons. The number of carbonyl (C=O) groups excluding carboxylic acids is 2. The Labute approximate surface area is 154 Å². The van der Waals surface area contributed by atoms with Gasteiger partial charge < -0.3 is 15.0 Å². The van der Waals surface area contributed by atoms with Crippen LogP contribution in [0.5, 0.6) is 0 Å². The summed E-state index contributed by atoms with van der Waals surface area (Å²) in [7, 11) is 3.80. The van der Waals surface area contributed by atoms with Gasteiger partial charge in [0, 0.05) is 25.5 Å². The van der Waals surface area contributed by atoms with Gasteiger partial charge in [-0.25, -0.2) is 9.18 Å². The summed E-state index contributed by atoms with van der Waals surface area (Å²) in [5, 5.41) is 2.32. The molecule has 0 fully saturated rings. The van der Waals surface area contributed by atoms with E-state index in [4.69, 9.17) is 27.9 Å². The second-order valence-corrected chi connectivity index (χ2v) is 6.13. The van der Waals surface area contributed by atoms with Gasteiger partial charge in [0.2, 0.25) is 0 Å². The SMILES string of the molecule is CN(C)c1ccc(NC(=O)COC(=O)c2cc(F)c(Cl)cc2Cl)cc1. The minimum atomic E-state index is -0.918. The average molecular weight is 385 g/mol. The molecule has 5 nitrogen and oxygen atoms in total. The fraction of sp³-hybridized carbons (Fsp3) is 0.176. The van der Waals surface area contributed by atoms with Crippen LogP contribution in [-0.4, -0.2) is 32.6 Å². The number of amides is 1. The van der Waals surface area contributed by atoms with Crippen LogP contribution in [0.3, 0.4) is 0 Å². The number of anilines is 2. The zero-order valence-electron chi connectivity index (χ0n) is 13.5. The molecule has 0 spiro atoms. The summed E-state index contributed by atoms with van der Waals surface area (Å²) in [6.45, 7) is -0.533. The molecule has 0 aliphatic heterocycles. The molecule has 0 bridgehead atoms. The highest BCUT2D eigenvalue weighted by Crippen LogP contribution is 2.25. The maximum Gasteiger partial charge on any atom is 0.340 e. The van der Waals surface area contributed by atoms with E-state index in [1.807, 2.05) is 31.1 Å². The molecule has 0 heterocycles. The van der Waals surface area contributed by atoms with Crippen LogP contribution in [0.1, 0.15) is 10.4 Å². The molecule has 2 aromatic carbocycles. The molecular weight excluding hydrogens is 370 g/mol. The molecule has 0 saturated carbocycles. The Bertz CT molecular complexity index is 795. The van der Waals surface area contributed by atoms with Gasteiger partial charge in [-0.15, -0.1) is 0 Å². The van der Waals surface area contributed by atoms with Crippen LogP contribution in [-0.2, 0) is 9.53 Å². The summed E-state index contributed by atoms with van der Waals surface area (Å²) in [5.41, 5.74) is 1.33. The van der Waals surface area contributed by atoms with Crippen molar-refractivity contribution < 1.29 is 18.7 Å². The highest BCUT2D eigenvalue weighted by Gasteiger charge is 2.17. The standard InChI is InChI=1S/C17H15Cl2FN2O3/c1-22(2)11-5-3-10(4-6-11)21-16(23)9-25-17(24)12-7-15(20)14(19)8-13(12)18/h3-8H,9H2,1-2H3,(H,21,23). The van der Waals surface area contributed by atoms with E-state index < -0.39 is 24.3 Å². The van der Waals surface area contributed by atoms with Crippen molar-refractivity contribution in [1.29, 1.82) is 0 Å². The van der Waals surface area contributed by atoms with Gasteiger partial charge in [-0.3, -0.25) is 4.79 Å². The fourth-order valence-corrected chi connectivity index (χ4v) is 2.39. The van der Waals surface area contributed by atoms with Gasteiger partial charge in [0.15, 0.2) is 6.61 Å². The van der Waals surface area contributed by atoms with Crippen molar-refractivity contribution in [3.63, 3.8) is 0 Å². The number of rotatable bonds is 5. The Morgan fingerprint density at radius 3 is 2.36 bits per heavy atom. The predicted molar refractivity (Wildman–Crippen MR) is 96.1 cm³/mol. The lowest BCUT2D eigenvalue weighted by atomic mass is 10.2. The largest absolute Gasteiger partial charge is 0.452 e. The number of ether oxygens (including phenoxy) is 1. The molecule has 0 unspecified atom stereocenters. The van der Waals surface area contributed by atoms with Crippen molar-refractivity contribution in [2.75, 3.05) is 30.9 Å². The Balaban J connectivity index is 1.93. The molecular formula is C17H15Cl2FN2O3. The summed E-state index contributed by atoms with van der Waals surface area (Å²) in [5.74, 6) is -2.25. The first kappa shape index (κ1) is 19.0. The van der Waals surface area contributed by atoms with Gasteiger partial charge in [0.1, 0.15) is 5.82 Å². The molecule has 1 amide bonds. The summed E-state index contributed by atoms with van der Waals surface area (Å²) < 4.78 is 18.3. The van der Waals surface area contributed by atoms with Gasteiger partial charge in [-0.2, -0.15) is 0 Å². The van der Waals surface area contributed by atoms with Crippen LogP contribution < -0.4 is 10.2 Å². The third kappa shape index (κ3) is 5.08. The van der Waals surface area contributed by atoms with Crippen LogP contribution in [0.25, 0.3) is 0 Å². The zero-order valence-corrected chi connectivity index (χ0v) is 15.0. The van der Waals surface area contributed by atoms with Crippen molar-refractivity contribution in [2.45, 2.75) is 0 Å². The maximum absolute atomic E-state index is 13.4. The lowest BCUT2D eigenvalue weighted by Crippen LogP contribution is -2.21. The minimum Gasteiger partial charge on any atom is -0.452 e. The van der Waals surface area contributed by atoms with Crippen molar-refractivity contribution in [2.24, 2.45) is 0 Å². The van der Waals surface area contributed by atoms with Gasteiger partial charge >= 0.3 is 5.97 Å². The number of hydrogen-bond acceptors (Lipinski definition) is 4. The second kappa shape index (κ2) is 8.18. The summed E-state index contributed by atoms with van der Waals surface area (Å²) in [6.07, 6.45) is 0. The minimum absolute atomic E-state index is 0.0592. The molecule has 0 aliphatic carbocycles. The highest BCUT2D eigenvalue weighted by atomic mass is 35.5. The first-order valence-corrected chi connectivity index (χ1v) is 7.92. The normalized spacial score (nSPS) is 10.3. The van der Waals surface area contributed by atoms with Crippen LogP contribution in [0.4, 0.5) is 15.8 Å². The smallest absolute Gasteiger partial charge is 0.340 e. The number of halogens is 3. The molecule has 0 atom stereocenters. The Morgan fingerprint density at radius 2 is 1.76 bits per heavy atom. The molecule has 1 N–H and O–H groups in total. The van der Waals surface area contributed by atoms with E-state index in [1.54, 1.807) is 12.1 Å². The van der Waals surface area contributed by atoms with E-state index in [1.165, 1.54) is 0 Å². The monoisotopic (exact) mass is 384 g/mol. The van der Waals surface area contributed by atoms with Crippen LogP contribution >= 0.6 is 23.2 Å². The lowest BCUT2D eigenvalue weighted by molar-refractivity contribution is -0.119. The van der Waals surface area contributed by atoms with Crippen LogP contribution in [0.15, 0.2) is 36.4 Å². The van der Waals surface area contributed by atoms with Crippen LogP contribution in [0, 0.1) is 5.82 Å². The number of benzene rings is 2. The molecule has 25 heavy (non-hydrogen) atoms. The Kier molecular flexibility index (Phi) is 6.22. The van der Waals surface area contributed by atoms with E-state index in [9.17, 15) is 14.0 Å². The van der Waals surface area contributed by atoms with E-state index in [2.05, 4.69) is 5.32 Å². The van der Waals surface area contributed by atoms with Crippen molar-refractivity contribution >= 4 is 46.5 Å². The maximum atomic E-state index is 13.4. The Hall–Kier alpha value is -2.31. The van der Waals surface area contributed by atoms with E-state index in [0.717, 1.165) is 17.8 Å². The summed E-state index contributed by atoms with van der Waals surface area (Å²) in [6, 6.07) is 9.07. The summed E-state index contributed by atoms with van der Waals surface area (Å²) in [4.78, 5) is 25.7. The molecule has 2 aromatic rings. The van der Waals surface area contributed by atoms with Gasteiger partial charge in [0.05, 0.1) is 15.6 Å². The number of nitrogens with zero attached hydrogens (tertiary/aromatic N) is 1. The number of esters is 1. The number of hydrogen-bond donors (Lipinski definition) is 1. The fourth-order valence-electron chi connectivity index (χ4n) is 1.93. The quantitative estimate of drug-likeness (QED) is 0.625. The molecule has 2 rings (SSSR count). The zero-order chi connectivity index (χ0) is 18.6. The number of nitrogens with one attached hydrogen (secondary N) is 1. The molecule has 132 valence electrons. The summed E-state index contributed by atoms with van der Waals surface area (Å²) >= 11 is 11.4. The first-order valence-electron chi connectivity index (χ1n) is 7.17. The van der Waals surface area contributed by atoms with Crippen molar-refractivity contribution in [3.05, 3.63) is 57.8 Å². The molecule has 0 aliphatic rings. The van der Waals surface area contributed by atoms with Gasteiger partial charge in [0.25, 0.3) is 5.91 Å².